The number of hydrogen-bond acceptors (Lipinski definition) is 2. The van der Waals surface area contributed by atoms with E-state index in [1.54, 1.807) is 0 Å². The second-order valence-corrected chi connectivity index (χ2v) is 14.5. The molecule has 0 aliphatic carbocycles. The number of hydrogen-bond donors (Lipinski definition) is 0. The molecule has 11 aromatic rings. The average Bonchev–Trinajstić information content (AvgIpc) is 3.83. The predicted octanol–water partition coefficient (Wildman–Crippen LogP) is 15.2. The van der Waals surface area contributed by atoms with Crippen LogP contribution in [0.2, 0.25) is 0 Å². The molecular weight excluding hydrogens is 693 g/mol. The van der Waals surface area contributed by atoms with Crippen LogP contribution in [0.15, 0.2) is 223 Å². The average molecular weight is 729 g/mol. The maximum absolute atomic E-state index is 6.99. The lowest BCUT2D eigenvalue weighted by molar-refractivity contribution is 0.673. The standard InChI is InChI=1S/C54H36N2O/c1-4-13-37(14-5-1)40-23-27-43(28-24-40)55(44-29-25-41(26-30-44)38-15-6-2-7-16-38)46-31-32-47-48-33-34-51-53(54(48)57-52(47)36-46)49-21-10-11-22-50(49)56(51)45-20-12-19-42(35-45)39-17-8-3-9-18-39/h1-36H. The van der Waals surface area contributed by atoms with Gasteiger partial charge in [-0.05, 0) is 100 Å². The Morgan fingerprint density at radius 3 is 1.47 bits per heavy atom. The second kappa shape index (κ2) is 13.6. The summed E-state index contributed by atoms with van der Waals surface area (Å²) in [6, 6.07) is 77.9. The summed E-state index contributed by atoms with van der Waals surface area (Å²) in [6.45, 7) is 0. The van der Waals surface area contributed by atoms with Crippen molar-refractivity contribution in [2.45, 2.75) is 0 Å². The third-order valence-electron chi connectivity index (χ3n) is 11.2. The van der Waals surface area contributed by atoms with Crippen LogP contribution in [0, 0.1) is 0 Å². The minimum absolute atomic E-state index is 0.852. The topological polar surface area (TPSA) is 21.3 Å². The third kappa shape index (κ3) is 5.68. The zero-order valence-electron chi connectivity index (χ0n) is 31.1. The van der Waals surface area contributed by atoms with Crippen molar-refractivity contribution in [3.05, 3.63) is 218 Å². The Hall–Kier alpha value is -7.62. The Kier molecular flexibility index (Phi) is 7.82. The van der Waals surface area contributed by atoms with Crippen molar-refractivity contribution < 1.29 is 4.42 Å². The summed E-state index contributed by atoms with van der Waals surface area (Å²) in [5.74, 6) is 0. The number of nitrogens with zero attached hydrogens (tertiary/aromatic N) is 2. The highest BCUT2D eigenvalue weighted by Crippen LogP contribution is 2.43. The molecule has 57 heavy (non-hydrogen) atoms. The number of anilines is 3. The minimum Gasteiger partial charge on any atom is -0.455 e. The van der Waals surface area contributed by atoms with Gasteiger partial charge >= 0.3 is 0 Å². The van der Waals surface area contributed by atoms with Gasteiger partial charge < -0.3 is 13.9 Å². The molecule has 0 unspecified atom stereocenters. The highest BCUT2D eigenvalue weighted by Gasteiger charge is 2.21. The fourth-order valence-electron chi connectivity index (χ4n) is 8.46. The van der Waals surface area contributed by atoms with Gasteiger partial charge in [0, 0.05) is 45.0 Å². The largest absolute Gasteiger partial charge is 0.455 e. The number of rotatable bonds is 7. The molecule has 0 atom stereocenters. The van der Waals surface area contributed by atoms with E-state index in [2.05, 4.69) is 228 Å². The lowest BCUT2D eigenvalue weighted by Gasteiger charge is -2.26. The molecule has 0 N–H and O–H groups in total. The molecule has 9 aromatic carbocycles. The zero-order valence-corrected chi connectivity index (χ0v) is 31.1. The summed E-state index contributed by atoms with van der Waals surface area (Å²) in [7, 11) is 0. The molecule has 0 spiro atoms. The molecule has 268 valence electrons. The van der Waals surface area contributed by atoms with Crippen LogP contribution in [0.3, 0.4) is 0 Å². The van der Waals surface area contributed by atoms with Crippen LogP contribution in [0.25, 0.3) is 82.8 Å². The Bertz CT molecular complexity index is 3120. The molecule has 0 amide bonds. The second-order valence-electron chi connectivity index (χ2n) is 14.5. The molecule has 2 aromatic heterocycles. The maximum Gasteiger partial charge on any atom is 0.145 e. The normalized spacial score (nSPS) is 11.5. The molecule has 0 aliphatic heterocycles. The number of fused-ring (bicyclic) bond motifs is 7. The van der Waals surface area contributed by atoms with Gasteiger partial charge in [-0.3, -0.25) is 0 Å². The summed E-state index contributed by atoms with van der Waals surface area (Å²) < 4.78 is 9.36. The van der Waals surface area contributed by atoms with Crippen LogP contribution < -0.4 is 4.90 Å². The van der Waals surface area contributed by atoms with E-state index in [1.807, 2.05) is 0 Å². The molecule has 0 aliphatic rings. The SMILES string of the molecule is c1ccc(-c2ccc(N(c3ccc(-c4ccccc4)cc3)c3ccc4c(c3)oc3c4ccc4c3c3ccccc3n4-c3cccc(-c4ccccc4)c3)cc2)cc1. The smallest absolute Gasteiger partial charge is 0.145 e. The van der Waals surface area contributed by atoms with Gasteiger partial charge in [0.1, 0.15) is 11.2 Å². The molecule has 2 heterocycles. The quantitative estimate of drug-likeness (QED) is 0.163. The molecule has 11 rings (SSSR count). The molecule has 0 radical (unpaired) electrons. The Balaban J connectivity index is 1.06. The lowest BCUT2D eigenvalue weighted by atomic mass is 10.0. The van der Waals surface area contributed by atoms with Crippen molar-refractivity contribution in [3.8, 4) is 39.1 Å². The Morgan fingerprint density at radius 2 is 0.842 bits per heavy atom. The molecule has 3 nitrogen and oxygen atoms in total. The van der Waals surface area contributed by atoms with Crippen molar-refractivity contribution in [1.29, 1.82) is 0 Å². The van der Waals surface area contributed by atoms with Crippen molar-refractivity contribution >= 4 is 60.8 Å². The van der Waals surface area contributed by atoms with Crippen LogP contribution in [0.5, 0.6) is 0 Å². The summed E-state index contributed by atoms with van der Waals surface area (Å²) in [5, 5.41) is 4.49. The van der Waals surface area contributed by atoms with Crippen LogP contribution in [0.4, 0.5) is 17.1 Å². The van der Waals surface area contributed by atoms with Crippen molar-refractivity contribution in [1.82, 2.24) is 4.57 Å². The summed E-state index contributed by atoms with van der Waals surface area (Å²) >= 11 is 0. The van der Waals surface area contributed by atoms with Crippen LogP contribution in [-0.4, -0.2) is 4.57 Å². The van der Waals surface area contributed by atoms with E-state index >= 15 is 0 Å². The van der Waals surface area contributed by atoms with E-state index in [4.69, 9.17) is 4.42 Å². The molecule has 0 bridgehead atoms. The molecular formula is C54H36N2O. The van der Waals surface area contributed by atoms with Gasteiger partial charge in [0.25, 0.3) is 0 Å². The molecule has 0 fully saturated rings. The first-order valence-corrected chi connectivity index (χ1v) is 19.4. The fraction of sp³-hybridized carbons (Fsp3) is 0. The lowest BCUT2D eigenvalue weighted by Crippen LogP contribution is -2.09. The number of aromatic nitrogens is 1. The van der Waals surface area contributed by atoms with Gasteiger partial charge in [0.05, 0.1) is 16.4 Å². The fourth-order valence-corrected chi connectivity index (χ4v) is 8.46. The molecule has 0 saturated carbocycles. The first-order valence-electron chi connectivity index (χ1n) is 19.4. The van der Waals surface area contributed by atoms with E-state index in [9.17, 15) is 0 Å². The Morgan fingerprint density at radius 1 is 0.333 bits per heavy atom. The van der Waals surface area contributed by atoms with Gasteiger partial charge in [-0.1, -0.05) is 146 Å². The van der Waals surface area contributed by atoms with Crippen molar-refractivity contribution in [3.63, 3.8) is 0 Å². The molecule has 3 heteroatoms. The minimum atomic E-state index is 0.852. The van der Waals surface area contributed by atoms with E-state index in [0.717, 1.165) is 61.1 Å². The highest BCUT2D eigenvalue weighted by atomic mass is 16.3. The zero-order chi connectivity index (χ0) is 37.7. The van der Waals surface area contributed by atoms with Crippen LogP contribution in [0.1, 0.15) is 0 Å². The first-order chi connectivity index (χ1) is 28.3. The third-order valence-corrected chi connectivity index (χ3v) is 11.2. The van der Waals surface area contributed by atoms with Gasteiger partial charge in [-0.2, -0.15) is 0 Å². The van der Waals surface area contributed by atoms with Crippen molar-refractivity contribution in [2.24, 2.45) is 0 Å². The van der Waals surface area contributed by atoms with E-state index in [0.29, 0.717) is 0 Å². The number of furan rings is 1. The van der Waals surface area contributed by atoms with Crippen LogP contribution >= 0.6 is 0 Å². The summed E-state index contributed by atoms with van der Waals surface area (Å²) in [6.07, 6.45) is 0. The molecule has 0 saturated heterocycles. The monoisotopic (exact) mass is 728 g/mol. The highest BCUT2D eigenvalue weighted by molar-refractivity contribution is 6.24. The van der Waals surface area contributed by atoms with Gasteiger partial charge in [0.15, 0.2) is 0 Å². The predicted molar refractivity (Wildman–Crippen MR) is 239 cm³/mol. The summed E-state index contributed by atoms with van der Waals surface area (Å²) in [5.41, 5.74) is 15.4. The van der Waals surface area contributed by atoms with Gasteiger partial charge in [-0.25, -0.2) is 0 Å². The maximum atomic E-state index is 6.99. The van der Waals surface area contributed by atoms with Gasteiger partial charge in [0.2, 0.25) is 0 Å². The number of para-hydroxylation sites is 1. The number of benzene rings is 9. The van der Waals surface area contributed by atoms with E-state index < -0.39 is 0 Å². The van der Waals surface area contributed by atoms with Crippen molar-refractivity contribution in [2.75, 3.05) is 4.90 Å². The Labute approximate surface area is 330 Å². The van der Waals surface area contributed by atoms with E-state index in [1.165, 1.54) is 38.8 Å². The summed E-state index contributed by atoms with van der Waals surface area (Å²) in [4.78, 5) is 2.32. The van der Waals surface area contributed by atoms with E-state index in [-0.39, 0.29) is 0 Å². The van der Waals surface area contributed by atoms with Crippen LogP contribution in [-0.2, 0) is 0 Å². The first kappa shape index (κ1) is 32.8. The van der Waals surface area contributed by atoms with Gasteiger partial charge in [-0.15, -0.1) is 0 Å².